The molecular weight excluding hydrogens is 286 g/mol. The lowest BCUT2D eigenvalue weighted by atomic mass is 10.1. The molecule has 1 amide bonds. The molecule has 1 aliphatic rings. The first-order valence-corrected chi connectivity index (χ1v) is 7.94. The van der Waals surface area contributed by atoms with Gasteiger partial charge >= 0.3 is 0 Å². The average molecular weight is 305 g/mol. The summed E-state index contributed by atoms with van der Waals surface area (Å²) in [4.78, 5) is 22.3. The third kappa shape index (κ3) is 2.40. The number of imidazole rings is 1. The highest BCUT2D eigenvalue weighted by atomic mass is 16.2. The number of rotatable bonds is 2. The molecule has 4 heteroatoms. The lowest BCUT2D eigenvalue weighted by Crippen LogP contribution is -2.24. The number of aryl methyl sites for hydroxylation is 2. The maximum absolute atomic E-state index is 12.5. The first-order valence-electron chi connectivity index (χ1n) is 7.94. The monoisotopic (exact) mass is 305 g/mol. The fraction of sp³-hybridized carbons (Fsp3) is 0.263. The maximum Gasteiger partial charge on any atom is 0.227 e. The number of anilines is 1. The van der Waals surface area contributed by atoms with Crippen molar-refractivity contribution in [3.05, 3.63) is 59.4 Å². The van der Waals surface area contributed by atoms with Crippen molar-refractivity contribution in [3.8, 4) is 0 Å². The van der Waals surface area contributed by atoms with Gasteiger partial charge in [0.25, 0.3) is 0 Å². The Morgan fingerprint density at radius 2 is 1.96 bits per heavy atom. The van der Waals surface area contributed by atoms with Crippen molar-refractivity contribution in [2.75, 3.05) is 11.4 Å². The number of amides is 1. The van der Waals surface area contributed by atoms with Crippen LogP contribution in [0.4, 0.5) is 5.69 Å². The molecule has 1 aromatic heterocycles. The number of H-pyrrole nitrogens is 1. The fourth-order valence-electron chi connectivity index (χ4n) is 3.20. The van der Waals surface area contributed by atoms with Crippen LogP contribution >= 0.6 is 0 Å². The minimum atomic E-state index is 0.122. The number of para-hydroxylation sites is 2. The van der Waals surface area contributed by atoms with Crippen LogP contribution in [-0.4, -0.2) is 22.4 Å². The fourth-order valence-corrected chi connectivity index (χ4v) is 3.20. The minimum Gasteiger partial charge on any atom is -0.342 e. The van der Waals surface area contributed by atoms with Gasteiger partial charge in [0.2, 0.25) is 5.91 Å². The molecular formula is C19H19N3O. The number of fused-ring (bicyclic) bond motifs is 1. The quantitative estimate of drug-likeness (QED) is 0.785. The highest BCUT2D eigenvalue weighted by Crippen LogP contribution is 2.32. The standard InChI is InChI=1S/C19H19N3O/c1-12-7-8-15(9-13(12)2)22-11-14(10-18(22)23)19-20-16-5-3-4-6-17(16)21-19/h3-9,14H,10-11H2,1-2H3,(H,20,21). The zero-order valence-electron chi connectivity index (χ0n) is 13.3. The normalized spacial score (nSPS) is 18.1. The molecule has 0 spiro atoms. The van der Waals surface area contributed by atoms with Crippen LogP contribution in [0.2, 0.25) is 0 Å². The van der Waals surface area contributed by atoms with E-state index in [0.717, 1.165) is 22.5 Å². The summed E-state index contributed by atoms with van der Waals surface area (Å²) in [6.07, 6.45) is 0.507. The van der Waals surface area contributed by atoms with Gasteiger partial charge in [-0.3, -0.25) is 4.79 Å². The highest BCUT2D eigenvalue weighted by molar-refractivity contribution is 5.96. The van der Waals surface area contributed by atoms with Gasteiger partial charge in [-0.15, -0.1) is 0 Å². The van der Waals surface area contributed by atoms with Gasteiger partial charge in [0, 0.05) is 24.6 Å². The zero-order valence-corrected chi connectivity index (χ0v) is 13.3. The number of carbonyl (C=O) groups excluding carboxylic acids is 1. The summed E-state index contributed by atoms with van der Waals surface area (Å²) in [6, 6.07) is 14.2. The van der Waals surface area contributed by atoms with Crippen molar-refractivity contribution in [2.24, 2.45) is 0 Å². The Labute approximate surface area is 135 Å². The summed E-state index contributed by atoms with van der Waals surface area (Å²) in [5.74, 6) is 1.20. The molecule has 116 valence electrons. The lowest BCUT2D eigenvalue weighted by molar-refractivity contribution is -0.117. The Hall–Kier alpha value is -2.62. The summed E-state index contributed by atoms with van der Waals surface area (Å²) in [7, 11) is 0. The molecule has 2 heterocycles. The zero-order chi connectivity index (χ0) is 16.0. The molecule has 1 saturated heterocycles. The maximum atomic E-state index is 12.5. The Morgan fingerprint density at radius 3 is 2.74 bits per heavy atom. The second-order valence-corrected chi connectivity index (χ2v) is 6.31. The van der Waals surface area contributed by atoms with Crippen molar-refractivity contribution in [1.29, 1.82) is 0 Å². The van der Waals surface area contributed by atoms with Gasteiger partial charge < -0.3 is 9.88 Å². The number of nitrogens with one attached hydrogen (secondary N) is 1. The van der Waals surface area contributed by atoms with Crippen molar-refractivity contribution in [3.63, 3.8) is 0 Å². The van der Waals surface area contributed by atoms with E-state index in [0.29, 0.717) is 13.0 Å². The first-order chi connectivity index (χ1) is 11.1. The first kappa shape index (κ1) is 14.0. The van der Waals surface area contributed by atoms with E-state index in [9.17, 15) is 4.79 Å². The summed E-state index contributed by atoms with van der Waals surface area (Å²) in [6.45, 7) is 4.85. The van der Waals surface area contributed by atoms with Crippen LogP contribution in [-0.2, 0) is 4.79 Å². The molecule has 0 bridgehead atoms. The van der Waals surface area contributed by atoms with Crippen molar-refractivity contribution >= 4 is 22.6 Å². The SMILES string of the molecule is Cc1ccc(N2CC(c3nc4ccccc4[nH]3)CC2=O)cc1C. The summed E-state index contributed by atoms with van der Waals surface area (Å²) in [5, 5.41) is 0. The molecule has 4 nitrogen and oxygen atoms in total. The van der Waals surface area contributed by atoms with Crippen molar-refractivity contribution in [2.45, 2.75) is 26.2 Å². The number of aromatic amines is 1. The number of nitrogens with zero attached hydrogens (tertiary/aromatic N) is 2. The third-order valence-electron chi connectivity index (χ3n) is 4.72. The summed E-state index contributed by atoms with van der Waals surface area (Å²) in [5.41, 5.74) is 5.42. The van der Waals surface area contributed by atoms with E-state index in [1.54, 1.807) is 0 Å². The Balaban J connectivity index is 1.63. The molecule has 0 radical (unpaired) electrons. The van der Waals surface area contributed by atoms with E-state index in [4.69, 9.17) is 0 Å². The van der Waals surface area contributed by atoms with E-state index < -0.39 is 0 Å². The van der Waals surface area contributed by atoms with E-state index in [2.05, 4.69) is 35.9 Å². The minimum absolute atomic E-state index is 0.122. The average Bonchev–Trinajstić information content (AvgIpc) is 3.13. The van der Waals surface area contributed by atoms with Crippen LogP contribution in [0.25, 0.3) is 11.0 Å². The molecule has 1 N–H and O–H groups in total. The van der Waals surface area contributed by atoms with Crippen LogP contribution in [0.1, 0.15) is 29.3 Å². The predicted octanol–water partition coefficient (Wildman–Crippen LogP) is 3.70. The molecule has 1 aliphatic heterocycles. The van der Waals surface area contributed by atoms with Crippen LogP contribution in [0.3, 0.4) is 0 Å². The molecule has 1 unspecified atom stereocenters. The van der Waals surface area contributed by atoms with Crippen LogP contribution in [0, 0.1) is 13.8 Å². The van der Waals surface area contributed by atoms with Gasteiger partial charge in [-0.2, -0.15) is 0 Å². The molecule has 0 saturated carbocycles. The van der Waals surface area contributed by atoms with E-state index in [1.165, 1.54) is 11.1 Å². The molecule has 4 rings (SSSR count). The number of aromatic nitrogens is 2. The number of benzene rings is 2. The second kappa shape index (κ2) is 5.23. The third-order valence-corrected chi connectivity index (χ3v) is 4.72. The van der Waals surface area contributed by atoms with Gasteiger partial charge in [0.15, 0.2) is 0 Å². The lowest BCUT2D eigenvalue weighted by Gasteiger charge is -2.17. The van der Waals surface area contributed by atoms with E-state index in [-0.39, 0.29) is 11.8 Å². The molecule has 0 aliphatic carbocycles. The Morgan fingerprint density at radius 1 is 1.13 bits per heavy atom. The van der Waals surface area contributed by atoms with Crippen LogP contribution in [0.5, 0.6) is 0 Å². The Bertz CT molecular complexity index is 864. The molecule has 3 aromatic rings. The van der Waals surface area contributed by atoms with Gasteiger partial charge in [-0.1, -0.05) is 18.2 Å². The van der Waals surface area contributed by atoms with Gasteiger partial charge in [-0.05, 0) is 49.2 Å². The smallest absolute Gasteiger partial charge is 0.227 e. The van der Waals surface area contributed by atoms with E-state index in [1.807, 2.05) is 35.2 Å². The molecule has 1 fully saturated rings. The summed E-state index contributed by atoms with van der Waals surface area (Å²) >= 11 is 0. The van der Waals surface area contributed by atoms with Crippen molar-refractivity contribution < 1.29 is 4.79 Å². The Kier molecular flexibility index (Phi) is 3.18. The van der Waals surface area contributed by atoms with Crippen LogP contribution in [0.15, 0.2) is 42.5 Å². The topological polar surface area (TPSA) is 49.0 Å². The van der Waals surface area contributed by atoms with Gasteiger partial charge in [-0.25, -0.2) is 4.98 Å². The molecule has 2 aromatic carbocycles. The highest BCUT2D eigenvalue weighted by Gasteiger charge is 2.33. The predicted molar refractivity (Wildman–Crippen MR) is 91.7 cm³/mol. The number of hydrogen-bond donors (Lipinski definition) is 1. The van der Waals surface area contributed by atoms with Crippen LogP contribution < -0.4 is 4.90 Å². The number of carbonyl (C=O) groups is 1. The second-order valence-electron chi connectivity index (χ2n) is 6.31. The van der Waals surface area contributed by atoms with Gasteiger partial charge in [0.1, 0.15) is 5.82 Å². The van der Waals surface area contributed by atoms with Gasteiger partial charge in [0.05, 0.1) is 11.0 Å². The van der Waals surface area contributed by atoms with Crippen molar-refractivity contribution in [1.82, 2.24) is 9.97 Å². The summed E-state index contributed by atoms with van der Waals surface area (Å²) < 4.78 is 0. The largest absolute Gasteiger partial charge is 0.342 e. The number of hydrogen-bond acceptors (Lipinski definition) is 2. The molecule has 1 atom stereocenters. The molecule has 23 heavy (non-hydrogen) atoms. The van der Waals surface area contributed by atoms with E-state index >= 15 is 0 Å².